The highest BCUT2D eigenvalue weighted by atomic mass is 79.9. The van der Waals surface area contributed by atoms with Gasteiger partial charge >= 0.3 is 0 Å². The molecule has 0 aliphatic heterocycles. The molecule has 0 radical (unpaired) electrons. The molecule has 0 aliphatic rings. The number of benzene rings is 2. The van der Waals surface area contributed by atoms with Crippen molar-refractivity contribution in [3.8, 4) is 0 Å². The van der Waals surface area contributed by atoms with Gasteiger partial charge in [0.15, 0.2) is 0 Å². The van der Waals surface area contributed by atoms with Gasteiger partial charge in [0, 0.05) is 4.47 Å². The molecule has 0 aliphatic carbocycles. The van der Waals surface area contributed by atoms with Crippen molar-refractivity contribution < 1.29 is 13.2 Å². The number of anilines is 1. The van der Waals surface area contributed by atoms with E-state index in [4.69, 9.17) is 11.6 Å². The van der Waals surface area contributed by atoms with E-state index >= 15 is 0 Å². The van der Waals surface area contributed by atoms with Crippen LogP contribution in [-0.4, -0.2) is 20.2 Å². The Balaban J connectivity index is 2.53. The summed E-state index contributed by atoms with van der Waals surface area (Å²) in [5.41, 5.74) is 1.31. The van der Waals surface area contributed by atoms with Crippen LogP contribution in [0, 0.1) is 6.92 Å². The Morgan fingerprint density at radius 1 is 1.18 bits per heavy atom. The number of carbonyl (C=O) groups is 1. The summed E-state index contributed by atoms with van der Waals surface area (Å²) >= 11 is 8.71. The standard InChI is InChI=1S/C15H13BrClNO3S/c1-11-5-7-14(8-6-11)22(20,21)18(10-15(17)19)13-4-2-3-12(16)9-13/h2-9H,10H2,1H3. The van der Waals surface area contributed by atoms with Crippen LogP contribution in [0.4, 0.5) is 5.69 Å². The van der Waals surface area contributed by atoms with Gasteiger partial charge < -0.3 is 0 Å². The molecular weight excluding hydrogens is 390 g/mol. The lowest BCUT2D eigenvalue weighted by atomic mass is 10.2. The number of halogens is 2. The largest absolute Gasteiger partial charge is 0.279 e. The Hall–Kier alpha value is -1.37. The van der Waals surface area contributed by atoms with E-state index in [1.54, 1.807) is 36.4 Å². The SMILES string of the molecule is Cc1ccc(S(=O)(=O)N(CC(=O)Cl)c2cccc(Br)c2)cc1. The van der Waals surface area contributed by atoms with Crippen molar-refractivity contribution in [3.05, 3.63) is 58.6 Å². The molecule has 0 unspecified atom stereocenters. The third-order valence-electron chi connectivity index (χ3n) is 2.97. The summed E-state index contributed by atoms with van der Waals surface area (Å²) in [5.74, 6) is 0. The maximum absolute atomic E-state index is 12.8. The molecule has 0 heterocycles. The summed E-state index contributed by atoms with van der Waals surface area (Å²) in [4.78, 5) is 11.4. The average molecular weight is 403 g/mol. The third-order valence-corrected chi connectivity index (χ3v) is 5.37. The van der Waals surface area contributed by atoms with Crippen molar-refractivity contribution in [2.75, 3.05) is 10.8 Å². The average Bonchev–Trinajstić information content (AvgIpc) is 2.45. The number of aryl methyl sites for hydroxylation is 1. The second-order valence-corrected chi connectivity index (χ2v) is 7.86. The zero-order valence-corrected chi connectivity index (χ0v) is 14.8. The Morgan fingerprint density at radius 3 is 2.36 bits per heavy atom. The number of sulfonamides is 1. The van der Waals surface area contributed by atoms with E-state index < -0.39 is 21.8 Å². The predicted molar refractivity (Wildman–Crippen MR) is 90.7 cm³/mol. The fourth-order valence-electron chi connectivity index (χ4n) is 1.90. The molecule has 116 valence electrons. The van der Waals surface area contributed by atoms with Gasteiger partial charge in [-0.2, -0.15) is 0 Å². The molecule has 4 nitrogen and oxygen atoms in total. The molecule has 2 aromatic rings. The highest BCUT2D eigenvalue weighted by Crippen LogP contribution is 2.26. The highest BCUT2D eigenvalue weighted by molar-refractivity contribution is 9.10. The van der Waals surface area contributed by atoms with Gasteiger partial charge in [-0.15, -0.1) is 0 Å². The minimum atomic E-state index is -3.88. The fraction of sp³-hybridized carbons (Fsp3) is 0.133. The lowest BCUT2D eigenvalue weighted by Gasteiger charge is -2.23. The first kappa shape index (κ1) is 17.0. The summed E-state index contributed by atoms with van der Waals surface area (Å²) in [6, 6.07) is 13.1. The van der Waals surface area contributed by atoms with E-state index in [1.165, 1.54) is 12.1 Å². The van der Waals surface area contributed by atoms with Crippen molar-refractivity contribution in [2.24, 2.45) is 0 Å². The van der Waals surface area contributed by atoms with Crippen LogP contribution in [0.15, 0.2) is 57.9 Å². The van der Waals surface area contributed by atoms with Crippen LogP contribution >= 0.6 is 27.5 Å². The minimum absolute atomic E-state index is 0.107. The zero-order chi connectivity index (χ0) is 16.3. The Kier molecular flexibility index (Phi) is 5.26. The van der Waals surface area contributed by atoms with Gasteiger partial charge in [0.1, 0.15) is 6.54 Å². The first-order valence-corrected chi connectivity index (χ1v) is 8.95. The van der Waals surface area contributed by atoms with Gasteiger partial charge in [0.2, 0.25) is 5.24 Å². The number of nitrogens with zero attached hydrogens (tertiary/aromatic N) is 1. The van der Waals surface area contributed by atoms with Crippen molar-refractivity contribution in [1.82, 2.24) is 0 Å². The molecule has 0 amide bonds. The maximum atomic E-state index is 12.8. The first-order chi connectivity index (χ1) is 10.3. The van der Waals surface area contributed by atoms with Crippen molar-refractivity contribution >= 4 is 48.5 Å². The van der Waals surface area contributed by atoms with Gasteiger partial charge in [-0.05, 0) is 48.9 Å². The number of rotatable bonds is 5. The minimum Gasteiger partial charge on any atom is -0.279 e. The lowest BCUT2D eigenvalue weighted by Crippen LogP contribution is -2.34. The van der Waals surface area contributed by atoms with Crippen molar-refractivity contribution in [1.29, 1.82) is 0 Å². The number of hydrogen-bond donors (Lipinski definition) is 0. The lowest BCUT2D eigenvalue weighted by molar-refractivity contribution is -0.110. The molecule has 0 fully saturated rings. The molecule has 0 saturated carbocycles. The summed E-state index contributed by atoms with van der Waals surface area (Å²) in [5, 5.41) is -0.754. The second kappa shape index (κ2) is 6.81. The van der Waals surface area contributed by atoms with E-state index in [0.717, 1.165) is 9.87 Å². The summed E-state index contributed by atoms with van der Waals surface area (Å²) in [7, 11) is -3.88. The molecule has 0 spiro atoms. The van der Waals surface area contributed by atoms with E-state index in [2.05, 4.69) is 15.9 Å². The maximum Gasteiger partial charge on any atom is 0.264 e. The van der Waals surface area contributed by atoms with Crippen LogP contribution in [0.1, 0.15) is 5.56 Å². The number of hydrogen-bond acceptors (Lipinski definition) is 3. The van der Waals surface area contributed by atoms with Crippen molar-refractivity contribution in [3.63, 3.8) is 0 Å². The molecule has 2 rings (SSSR count). The van der Waals surface area contributed by atoms with Gasteiger partial charge in [-0.25, -0.2) is 8.42 Å². The molecule has 22 heavy (non-hydrogen) atoms. The molecular formula is C15H13BrClNO3S. The van der Waals surface area contributed by atoms with Gasteiger partial charge in [0.05, 0.1) is 10.6 Å². The van der Waals surface area contributed by atoms with Crippen LogP contribution < -0.4 is 4.31 Å². The molecule has 0 aromatic heterocycles. The molecule has 0 atom stereocenters. The second-order valence-electron chi connectivity index (χ2n) is 4.66. The molecule has 7 heteroatoms. The normalized spacial score (nSPS) is 11.2. The first-order valence-electron chi connectivity index (χ1n) is 6.34. The van der Waals surface area contributed by atoms with Crippen LogP contribution in [0.3, 0.4) is 0 Å². The van der Waals surface area contributed by atoms with Crippen molar-refractivity contribution in [2.45, 2.75) is 11.8 Å². The van der Waals surface area contributed by atoms with Gasteiger partial charge in [0.25, 0.3) is 10.0 Å². The Bertz CT molecular complexity index is 791. The molecule has 0 bridgehead atoms. The highest BCUT2D eigenvalue weighted by Gasteiger charge is 2.26. The Labute approximate surface area is 142 Å². The Morgan fingerprint density at radius 2 is 1.82 bits per heavy atom. The van der Waals surface area contributed by atoms with Gasteiger partial charge in [-0.3, -0.25) is 9.10 Å². The van der Waals surface area contributed by atoms with E-state index in [-0.39, 0.29) is 4.90 Å². The fourth-order valence-corrected chi connectivity index (χ4v) is 3.89. The smallest absolute Gasteiger partial charge is 0.264 e. The molecule has 0 N–H and O–H groups in total. The van der Waals surface area contributed by atoms with E-state index in [0.29, 0.717) is 10.2 Å². The molecule has 0 saturated heterocycles. The number of carbonyl (C=O) groups excluding carboxylic acids is 1. The van der Waals surface area contributed by atoms with E-state index in [1.807, 2.05) is 6.92 Å². The third kappa shape index (κ3) is 3.88. The molecule has 2 aromatic carbocycles. The van der Waals surface area contributed by atoms with Crippen LogP contribution in [-0.2, 0) is 14.8 Å². The summed E-state index contributed by atoms with van der Waals surface area (Å²) in [6.45, 7) is 1.43. The zero-order valence-electron chi connectivity index (χ0n) is 11.7. The quantitative estimate of drug-likeness (QED) is 0.716. The summed E-state index contributed by atoms with van der Waals surface area (Å²) in [6.07, 6.45) is 0. The van der Waals surface area contributed by atoms with Crippen LogP contribution in [0.25, 0.3) is 0 Å². The van der Waals surface area contributed by atoms with Gasteiger partial charge in [-0.1, -0.05) is 39.7 Å². The monoisotopic (exact) mass is 401 g/mol. The van der Waals surface area contributed by atoms with Crippen LogP contribution in [0.2, 0.25) is 0 Å². The summed E-state index contributed by atoms with van der Waals surface area (Å²) < 4.78 is 27.3. The predicted octanol–water partition coefficient (Wildman–Crippen LogP) is 3.72. The van der Waals surface area contributed by atoms with E-state index in [9.17, 15) is 13.2 Å². The van der Waals surface area contributed by atoms with Crippen LogP contribution in [0.5, 0.6) is 0 Å². The topological polar surface area (TPSA) is 54.5 Å².